The molecule has 0 saturated heterocycles. The number of ether oxygens (including phenoxy) is 1. The van der Waals surface area contributed by atoms with E-state index >= 15 is 0 Å². The minimum Gasteiger partial charge on any atom is -0.496 e. The molecule has 6 rings (SSSR count). The van der Waals surface area contributed by atoms with Crippen LogP contribution in [0, 0.1) is 6.92 Å². The SMILES string of the molecule is COc1cc(C(F)(F)F)ncc1-c1nc2c(n1C(C)C)[C@@]1(C(=O)Nc3cc(Cl)ccc31)N(c1cc(Cl)ccc1C)C2=O. The lowest BCUT2D eigenvalue weighted by Gasteiger charge is -2.36. The molecule has 0 saturated carbocycles. The molecule has 13 heteroatoms. The predicted molar refractivity (Wildman–Crippen MR) is 151 cm³/mol. The number of nitrogens with one attached hydrogen (secondary N) is 1. The number of aryl methyl sites for hydroxylation is 1. The van der Waals surface area contributed by atoms with Gasteiger partial charge in [-0.25, -0.2) is 4.98 Å². The van der Waals surface area contributed by atoms with Crippen LogP contribution in [0.25, 0.3) is 11.4 Å². The Bertz CT molecular complexity index is 1820. The van der Waals surface area contributed by atoms with Crippen LogP contribution in [0.15, 0.2) is 48.7 Å². The standard InChI is InChI=1S/C29H22Cl2F3N5O3/c1-13(2)38-24-23(37-25(38)17-12-35-22(29(32,33)34)11-21(17)42-4)26(40)39(20-10-16(31)6-5-14(20)3)28(24)18-8-7-15(30)9-19(18)36-27(28)41/h5-13H,1-4H3,(H,36,41)/t28-/m0/s1. The molecule has 42 heavy (non-hydrogen) atoms. The molecule has 0 radical (unpaired) electrons. The number of anilines is 2. The summed E-state index contributed by atoms with van der Waals surface area (Å²) in [5, 5.41) is 3.60. The average molecular weight is 616 g/mol. The number of aromatic nitrogens is 3. The predicted octanol–water partition coefficient (Wildman–Crippen LogP) is 7.02. The Labute approximate surface area is 248 Å². The van der Waals surface area contributed by atoms with Crippen molar-refractivity contribution in [1.29, 1.82) is 0 Å². The highest BCUT2D eigenvalue weighted by atomic mass is 35.5. The highest BCUT2D eigenvalue weighted by Gasteiger charge is 2.64. The van der Waals surface area contributed by atoms with Crippen LogP contribution in [-0.2, 0) is 16.5 Å². The number of alkyl halides is 3. The molecule has 4 heterocycles. The molecule has 0 unspecified atom stereocenters. The summed E-state index contributed by atoms with van der Waals surface area (Å²) in [7, 11) is 1.23. The van der Waals surface area contributed by atoms with Crippen LogP contribution < -0.4 is 15.0 Å². The summed E-state index contributed by atoms with van der Waals surface area (Å²) >= 11 is 12.6. The van der Waals surface area contributed by atoms with Gasteiger partial charge in [0.15, 0.2) is 11.2 Å². The van der Waals surface area contributed by atoms with Crippen molar-refractivity contribution < 1.29 is 27.5 Å². The third kappa shape index (κ3) is 3.83. The van der Waals surface area contributed by atoms with Crippen LogP contribution in [0.2, 0.25) is 10.0 Å². The Kier molecular flexibility index (Phi) is 6.32. The number of carbonyl (C=O) groups is 2. The van der Waals surface area contributed by atoms with Gasteiger partial charge in [-0.2, -0.15) is 13.2 Å². The Morgan fingerprint density at radius 2 is 1.74 bits per heavy atom. The summed E-state index contributed by atoms with van der Waals surface area (Å²) in [6.45, 7) is 5.42. The topological polar surface area (TPSA) is 89.3 Å². The Balaban J connectivity index is 1.71. The molecule has 2 aromatic heterocycles. The summed E-state index contributed by atoms with van der Waals surface area (Å²) in [6, 6.07) is 10.3. The van der Waals surface area contributed by atoms with Crippen molar-refractivity contribution in [3.05, 3.63) is 86.9 Å². The molecule has 1 atom stereocenters. The van der Waals surface area contributed by atoms with Crippen molar-refractivity contribution in [2.45, 2.75) is 38.5 Å². The first-order valence-corrected chi connectivity index (χ1v) is 13.5. The molecule has 2 amide bonds. The van der Waals surface area contributed by atoms with E-state index in [-0.39, 0.29) is 28.5 Å². The number of hydrogen-bond acceptors (Lipinski definition) is 5. The lowest BCUT2D eigenvalue weighted by molar-refractivity contribution is -0.141. The third-order valence-electron chi connectivity index (χ3n) is 7.49. The zero-order valence-electron chi connectivity index (χ0n) is 22.6. The number of amides is 2. The van der Waals surface area contributed by atoms with Crippen LogP contribution in [0.1, 0.15) is 52.9 Å². The largest absolute Gasteiger partial charge is 0.496 e. The second-order valence-corrected chi connectivity index (χ2v) is 11.2. The summed E-state index contributed by atoms with van der Waals surface area (Å²) in [4.78, 5) is 38.3. The minimum absolute atomic E-state index is 0.0435. The smallest absolute Gasteiger partial charge is 0.433 e. The zero-order chi connectivity index (χ0) is 30.3. The number of benzene rings is 2. The van der Waals surface area contributed by atoms with Crippen LogP contribution >= 0.6 is 23.2 Å². The Hall–Kier alpha value is -4.09. The van der Waals surface area contributed by atoms with Gasteiger partial charge < -0.3 is 14.6 Å². The maximum absolute atomic E-state index is 14.4. The fraction of sp³-hybridized carbons (Fsp3) is 0.241. The molecule has 216 valence electrons. The van der Waals surface area contributed by atoms with E-state index in [1.54, 1.807) is 47.9 Å². The van der Waals surface area contributed by atoms with Gasteiger partial charge in [-0.1, -0.05) is 35.3 Å². The zero-order valence-corrected chi connectivity index (χ0v) is 24.1. The molecule has 2 aromatic carbocycles. The average Bonchev–Trinajstić information content (AvgIpc) is 3.53. The molecule has 0 aliphatic carbocycles. The second-order valence-electron chi connectivity index (χ2n) is 10.3. The van der Waals surface area contributed by atoms with Crippen LogP contribution in [-0.4, -0.2) is 33.5 Å². The quantitative estimate of drug-likeness (QED) is 0.266. The highest BCUT2D eigenvalue weighted by Crippen LogP contribution is 2.55. The Morgan fingerprint density at radius 3 is 2.40 bits per heavy atom. The molecular weight excluding hydrogens is 594 g/mol. The number of rotatable bonds is 4. The van der Waals surface area contributed by atoms with Gasteiger partial charge in [0.1, 0.15) is 17.3 Å². The van der Waals surface area contributed by atoms with E-state index in [0.29, 0.717) is 32.5 Å². The first kappa shape index (κ1) is 28.0. The van der Waals surface area contributed by atoms with Crippen molar-refractivity contribution in [3.8, 4) is 17.1 Å². The van der Waals surface area contributed by atoms with Gasteiger partial charge >= 0.3 is 6.18 Å². The minimum atomic E-state index is -4.71. The molecule has 0 bridgehead atoms. The van der Waals surface area contributed by atoms with E-state index in [1.165, 1.54) is 12.0 Å². The summed E-state index contributed by atoms with van der Waals surface area (Å²) in [5.74, 6) is -1.14. The molecule has 0 fully saturated rings. The normalized spacial score (nSPS) is 17.7. The molecule has 1 N–H and O–H groups in total. The number of fused-ring (bicyclic) bond motifs is 4. The fourth-order valence-electron chi connectivity index (χ4n) is 5.75. The fourth-order valence-corrected chi connectivity index (χ4v) is 6.09. The van der Waals surface area contributed by atoms with Crippen LogP contribution in [0.4, 0.5) is 24.5 Å². The highest BCUT2D eigenvalue weighted by molar-refractivity contribution is 6.32. The third-order valence-corrected chi connectivity index (χ3v) is 7.96. The molecule has 2 aliphatic heterocycles. The van der Waals surface area contributed by atoms with E-state index in [4.69, 9.17) is 27.9 Å². The Morgan fingerprint density at radius 1 is 1.05 bits per heavy atom. The van der Waals surface area contributed by atoms with Crippen LogP contribution in [0.5, 0.6) is 5.75 Å². The maximum atomic E-state index is 14.4. The first-order valence-electron chi connectivity index (χ1n) is 12.8. The van der Waals surface area contributed by atoms with E-state index in [9.17, 15) is 22.8 Å². The molecular formula is C29H22Cl2F3N5O3. The maximum Gasteiger partial charge on any atom is 0.433 e. The number of methoxy groups -OCH3 is 1. The van der Waals surface area contributed by atoms with E-state index < -0.39 is 35.3 Å². The number of pyridine rings is 1. The lowest BCUT2D eigenvalue weighted by Crippen LogP contribution is -2.51. The summed E-state index contributed by atoms with van der Waals surface area (Å²) in [6.07, 6.45) is -3.69. The number of nitrogens with zero attached hydrogens (tertiary/aromatic N) is 4. The van der Waals surface area contributed by atoms with Crippen molar-refractivity contribution in [1.82, 2.24) is 14.5 Å². The molecule has 2 aliphatic rings. The van der Waals surface area contributed by atoms with Gasteiger partial charge in [-0.05, 0) is 50.6 Å². The van der Waals surface area contributed by atoms with Crippen molar-refractivity contribution >= 4 is 46.4 Å². The van der Waals surface area contributed by atoms with Crippen molar-refractivity contribution in [2.24, 2.45) is 0 Å². The van der Waals surface area contributed by atoms with Gasteiger partial charge in [-0.3, -0.25) is 19.5 Å². The summed E-state index contributed by atoms with van der Waals surface area (Å²) in [5.41, 5.74) is -0.629. The van der Waals surface area contributed by atoms with Gasteiger partial charge in [0.2, 0.25) is 0 Å². The molecule has 1 spiro atoms. The van der Waals surface area contributed by atoms with Gasteiger partial charge in [-0.15, -0.1) is 0 Å². The number of carbonyl (C=O) groups excluding carboxylic acids is 2. The van der Waals surface area contributed by atoms with E-state index in [1.807, 2.05) is 13.8 Å². The lowest BCUT2D eigenvalue weighted by atomic mass is 9.86. The van der Waals surface area contributed by atoms with Gasteiger partial charge in [0.25, 0.3) is 11.8 Å². The number of imidazole rings is 1. The van der Waals surface area contributed by atoms with E-state index in [0.717, 1.165) is 12.3 Å². The molecule has 8 nitrogen and oxygen atoms in total. The molecule has 4 aromatic rings. The monoisotopic (exact) mass is 615 g/mol. The second kappa shape index (κ2) is 9.47. The van der Waals surface area contributed by atoms with Crippen LogP contribution in [0.3, 0.4) is 0 Å². The van der Waals surface area contributed by atoms with E-state index in [2.05, 4.69) is 15.3 Å². The summed E-state index contributed by atoms with van der Waals surface area (Å²) < 4.78 is 47.4. The van der Waals surface area contributed by atoms with Crippen molar-refractivity contribution in [3.63, 3.8) is 0 Å². The van der Waals surface area contributed by atoms with Gasteiger partial charge in [0, 0.05) is 39.6 Å². The first-order chi connectivity index (χ1) is 19.8. The van der Waals surface area contributed by atoms with Crippen molar-refractivity contribution in [2.75, 3.05) is 17.3 Å². The van der Waals surface area contributed by atoms with Gasteiger partial charge in [0.05, 0.1) is 24.1 Å². The number of hydrogen-bond donors (Lipinski definition) is 1. The number of halogens is 5.